The van der Waals surface area contributed by atoms with Crippen molar-refractivity contribution in [2.24, 2.45) is 5.92 Å². The van der Waals surface area contributed by atoms with Crippen molar-refractivity contribution in [1.29, 1.82) is 0 Å². The molecule has 1 fully saturated rings. The van der Waals surface area contributed by atoms with E-state index >= 15 is 0 Å². The van der Waals surface area contributed by atoms with Crippen molar-refractivity contribution < 1.29 is 0 Å². The molecule has 1 rings (SSSR count). The Hall–Kier alpha value is -0.560. The maximum absolute atomic E-state index is 4.00. The third-order valence-corrected chi connectivity index (χ3v) is 2.52. The summed E-state index contributed by atoms with van der Waals surface area (Å²) in [4.78, 5) is 0. The van der Waals surface area contributed by atoms with Crippen molar-refractivity contribution in [3.8, 4) is 0 Å². The summed E-state index contributed by atoms with van der Waals surface area (Å²) in [6, 6.07) is 0. The molecular formula is C11H19N. The SMILES string of the molecule is C=C(/C=C1/CCNCC1C)CC. The van der Waals surface area contributed by atoms with E-state index in [1.165, 1.54) is 12.0 Å². The first-order valence-electron chi connectivity index (χ1n) is 4.83. The molecule has 1 atom stereocenters. The van der Waals surface area contributed by atoms with Crippen molar-refractivity contribution in [3.05, 3.63) is 23.8 Å². The van der Waals surface area contributed by atoms with E-state index in [0.717, 1.165) is 19.5 Å². The smallest absolute Gasteiger partial charge is 0.00144 e. The van der Waals surface area contributed by atoms with Gasteiger partial charge in [0.05, 0.1) is 0 Å². The van der Waals surface area contributed by atoms with Crippen molar-refractivity contribution in [2.45, 2.75) is 26.7 Å². The summed E-state index contributed by atoms with van der Waals surface area (Å²) in [5, 5.41) is 3.39. The maximum atomic E-state index is 4.00. The van der Waals surface area contributed by atoms with Gasteiger partial charge in [-0.2, -0.15) is 0 Å². The van der Waals surface area contributed by atoms with E-state index in [-0.39, 0.29) is 0 Å². The summed E-state index contributed by atoms with van der Waals surface area (Å²) in [5.74, 6) is 0.696. The fraction of sp³-hybridized carbons (Fsp3) is 0.636. The third-order valence-electron chi connectivity index (χ3n) is 2.52. The van der Waals surface area contributed by atoms with Gasteiger partial charge >= 0.3 is 0 Å². The molecule has 0 aromatic carbocycles. The minimum Gasteiger partial charge on any atom is -0.316 e. The van der Waals surface area contributed by atoms with Crippen LogP contribution in [0.25, 0.3) is 0 Å². The average molecular weight is 165 g/mol. The summed E-state index contributed by atoms with van der Waals surface area (Å²) >= 11 is 0. The molecule has 1 aliphatic heterocycles. The molecule has 0 aromatic rings. The Morgan fingerprint density at radius 1 is 1.75 bits per heavy atom. The Morgan fingerprint density at radius 2 is 2.50 bits per heavy atom. The van der Waals surface area contributed by atoms with Gasteiger partial charge in [-0.25, -0.2) is 0 Å². The lowest BCUT2D eigenvalue weighted by Gasteiger charge is -2.23. The standard InChI is InChI=1S/C11H19N/c1-4-9(2)7-11-5-6-12-8-10(11)3/h7,10,12H,2,4-6,8H2,1,3H3/b11-7-. The number of hydrogen-bond donors (Lipinski definition) is 1. The molecule has 0 aliphatic carbocycles. The predicted molar refractivity (Wildman–Crippen MR) is 54.2 cm³/mol. The van der Waals surface area contributed by atoms with Gasteiger partial charge in [0, 0.05) is 6.54 Å². The maximum Gasteiger partial charge on any atom is 0.00144 e. The van der Waals surface area contributed by atoms with Crippen LogP contribution in [0.4, 0.5) is 0 Å². The third kappa shape index (κ3) is 2.49. The molecule has 1 unspecified atom stereocenters. The van der Waals surface area contributed by atoms with Gasteiger partial charge in [0.1, 0.15) is 0 Å². The van der Waals surface area contributed by atoms with E-state index in [4.69, 9.17) is 0 Å². The fourth-order valence-corrected chi connectivity index (χ4v) is 1.51. The summed E-state index contributed by atoms with van der Waals surface area (Å²) < 4.78 is 0. The van der Waals surface area contributed by atoms with Gasteiger partial charge in [-0.15, -0.1) is 0 Å². The monoisotopic (exact) mass is 165 g/mol. The highest BCUT2D eigenvalue weighted by Crippen LogP contribution is 2.19. The molecule has 1 saturated heterocycles. The fourth-order valence-electron chi connectivity index (χ4n) is 1.51. The Kier molecular flexibility index (Phi) is 3.54. The minimum absolute atomic E-state index is 0.696. The summed E-state index contributed by atoms with van der Waals surface area (Å²) in [5.41, 5.74) is 2.83. The van der Waals surface area contributed by atoms with E-state index in [9.17, 15) is 0 Å². The predicted octanol–water partition coefficient (Wildman–Crippen LogP) is 2.51. The minimum atomic E-state index is 0.696. The number of hydrogen-bond acceptors (Lipinski definition) is 1. The highest BCUT2D eigenvalue weighted by Gasteiger charge is 2.12. The lowest BCUT2D eigenvalue weighted by Crippen LogP contribution is -2.29. The van der Waals surface area contributed by atoms with Gasteiger partial charge < -0.3 is 5.32 Å². The first-order valence-corrected chi connectivity index (χ1v) is 4.83. The number of piperidine rings is 1. The first kappa shape index (κ1) is 9.53. The van der Waals surface area contributed by atoms with Crippen molar-refractivity contribution in [1.82, 2.24) is 5.32 Å². The van der Waals surface area contributed by atoms with Crippen molar-refractivity contribution in [3.63, 3.8) is 0 Å². The molecule has 0 spiro atoms. The van der Waals surface area contributed by atoms with Crippen LogP contribution in [0.15, 0.2) is 23.8 Å². The summed E-state index contributed by atoms with van der Waals surface area (Å²) in [6.45, 7) is 10.7. The molecule has 1 heteroatoms. The van der Waals surface area contributed by atoms with E-state index in [2.05, 4.69) is 31.8 Å². The van der Waals surface area contributed by atoms with Gasteiger partial charge in [-0.1, -0.05) is 37.6 Å². The molecule has 68 valence electrons. The zero-order valence-corrected chi connectivity index (χ0v) is 8.19. The normalized spacial score (nSPS) is 27.5. The van der Waals surface area contributed by atoms with E-state index < -0.39 is 0 Å². The summed E-state index contributed by atoms with van der Waals surface area (Å²) in [7, 11) is 0. The Morgan fingerprint density at radius 3 is 3.08 bits per heavy atom. The zero-order valence-electron chi connectivity index (χ0n) is 8.19. The molecule has 0 bridgehead atoms. The van der Waals surface area contributed by atoms with E-state index in [1.807, 2.05) is 0 Å². The van der Waals surface area contributed by atoms with Gasteiger partial charge in [-0.05, 0) is 25.3 Å². The van der Waals surface area contributed by atoms with Crippen LogP contribution >= 0.6 is 0 Å². The second-order valence-electron chi connectivity index (χ2n) is 3.59. The summed E-state index contributed by atoms with van der Waals surface area (Å²) in [6.07, 6.45) is 4.55. The highest BCUT2D eigenvalue weighted by molar-refractivity contribution is 5.23. The first-order chi connectivity index (χ1) is 5.74. The topological polar surface area (TPSA) is 12.0 Å². The molecule has 1 nitrogen and oxygen atoms in total. The van der Waals surface area contributed by atoms with E-state index in [1.54, 1.807) is 5.57 Å². The van der Waals surface area contributed by atoms with Crippen LogP contribution in [-0.4, -0.2) is 13.1 Å². The lowest BCUT2D eigenvalue weighted by molar-refractivity contribution is 0.501. The molecular weight excluding hydrogens is 146 g/mol. The second-order valence-corrected chi connectivity index (χ2v) is 3.59. The molecule has 0 amide bonds. The van der Waals surface area contributed by atoms with Gasteiger partial charge in [-0.3, -0.25) is 0 Å². The highest BCUT2D eigenvalue weighted by atomic mass is 14.9. The molecule has 1 N–H and O–H groups in total. The van der Waals surface area contributed by atoms with Crippen molar-refractivity contribution >= 4 is 0 Å². The van der Waals surface area contributed by atoms with Crippen LogP contribution in [0, 0.1) is 5.92 Å². The van der Waals surface area contributed by atoms with Gasteiger partial charge in [0.25, 0.3) is 0 Å². The largest absolute Gasteiger partial charge is 0.316 e. The van der Waals surface area contributed by atoms with E-state index in [0.29, 0.717) is 5.92 Å². The Labute approximate surface area is 75.6 Å². The lowest BCUT2D eigenvalue weighted by atomic mass is 9.92. The van der Waals surface area contributed by atoms with Crippen LogP contribution < -0.4 is 5.32 Å². The molecule has 0 radical (unpaired) electrons. The molecule has 1 heterocycles. The van der Waals surface area contributed by atoms with Crippen molar-refractivity contribution in [2.75, 3.05) is 13.1 Å². The molecule has 12 heavy (non-hydrogen) atoms. The Balaban J connectivity index is 2.58. The number of rotatable bonds is 2. The Bertz CT molecular complexity index is 191. The van der Waals surface area contributed by atoms with Crippen LogP contribution in [0.5, 0.6) is 0 Å². The zero-order chi connectivity index (χ0) is 8.97. The second kappa shape index (κ2) is 4.46. The van der Waals surface area contributed by atoms with Gasteiger partial charge in [0.2, 0.25) is 0 Å². The van der Waals surface area contributed by atoms with Crippen LogP contribution in [0.1, 0.15) is 26.7 Å². The molecule has 1 aliphatic rings. The van der Waals surface area contributed by atoms with Crippen LogP contribution in [-0.2, 0) is 0 Å². The quantitative estimate of drug-likeness (QED) is 0.663. The average Bonchev–Trinajstić information content (AvgIpc) is 2.09. The molecule has 0 saturated carbocycles. The number of nitrogens with one attached hydrogen (secondary N) is 1. The van der Waals surface area contributed by atoms with Crippen LogP contribution in [0.3, 0.4) is 0 Å². The van der Waals surface area contributed by atoms with Gasteiger partial charge in [0.15, 0.2) is 0 Å². The molecule has 0 aromatic heterocycles. The van der Waals surface area contributed by atoms with Crippen LogP contribution in [0.2, 0.25) is 0 Å². The number of allylic oxidation sites excluding steroid dienone is 2.